The zero-order chi connectivity index (χ0) is 42.1. The number of esters is 2. The van der Waals surface area contributed by atoms with Crippen LogP contribution in [0.5, 0.6) is 11.5 Å². The standard InChI is InChI=1S/C37H47N5O14P2/c1-4-6-8-9-10-12-35(44)54-30-19-15-28(16-20-30)24-52-58(49,51-23-27-13-17-29(18-14-27)53-34(43)11-7-5-2)56-57(47,48)50-25-32-31(40-41-38)21-33(55-32)42-22-26(3)36(45)39-37(42)46/h13-22,32-33H,4-12,23-25H2,1-3H3,(H,47,48)(H,39,45,46)/t32?,33-,58?/m1/s1. The molecule has 0 radical (unpaired) electrons. The molecule has 2 N–H and O–H groups in total. The SMILES string of the molecule is CCCCCCCC(=O)Oc1ccc(COP(=O)(OCc2ccc(OC(=O)CCCC)cc2)OP(=O)(O)OCC2O[C@@H](n3cc(C)c(=O)[nH]c3=O)C=C2N=[N+]=[N-])cc1. The Hall–Kier alpha value is -4.67. The summed E-state index contributed by atoms with van der Waals surface area (Å²) in [6.45, 7) is 3.79. The predicted molar refractivity (Wildman–Crippen MR) is 208 cm³/mol. The van der Waals surface area contributed by atoms with Gasteiger partial charge in [0.2, 0.25) is 0 Å². The number of carbonyl (C=O) groups is 2. The summed E-state index contributed by atoms with van der Waals surface area (Å²) in [5, 5.41) is 3.51. The lowest BCUT2D eigenvalue weighted by Gasteiger charge is -2.22. The van der Waals surface area contributed by atoms with Crippen LogP contribution in [0.15, 0.2) is 81.2 Å². The normalized spacial score (nSPS) is 17.1. The highest BCUT2D eigenvalue weighted by atomic mass is 31.3. The van der Waals surface area contributed by atoms with Crippen LogP contribution in [0.1, 0.15) is 94.6 Å². The number of hydrogen-bond acceptors (Lipinski definition) is 14. The van der Waals surface area contributed by atoms with Crippen molar-refractivity contribution in [2.24, 2.45) is 5.11 Å². The molecule has 19 nitrogen and oxygen atoms in total. The molecule has 0 saturated heterocycles. The molecule has 3 unspecified atom stereocenters. The number of rotatable bonds is 24. The third-order valence-corrected chi connectivity index (χ3v) is 11.4. The van der Waals surface area contributed by atoms with Crippen LogP contribution in [0, 0.1) is 6.92 Å². The van der Waals surface area contributed by atoms with E-state index in [1.165, 1.54) is 67.7 Å². The van der Waals surface area contributed by atoms with Crippen LogP contribution in [0.3, 0.4) is 0 Å². The fourth-order valence-corrected chi connectivity index (χ4v) is 7.88. The van der Waals surface area contributed by atoms with E-state index in [1.807, 2.05) is 6.92 Å². The molecule has 4 rings (SSSR count). The minimum absolute atomic E-state index is 0.125. The quantitative estimate of drug-likeness (QED) is 0.0165. The van der Waals surface area contributed by atoms with Crippen molar-refractivity contribution in [3.8, 4) is 11.5 Å². The van der Waals surface area contributed by atoms with Crippen molar-refractivity contribution in [3.05, 3.63) is 114 Å². The second-order valence-corrected chi connectivity index (χ2v) is 16.4. The summed E-state index contributed by atoms with van der Waals surface area (Å²) in [5.41, 5.74) is 8.47. The van der Waals surface area contributed by atoms with Gasteiger partial charge in [0.05, 0.1) is 19.8 Å². The third kappa shape index (κ3) is 14.9. The molecule has 1 aromatic heterocycles. The van der Waals surface area contributed by atoms with Gasteiger partial charge in [-0.05, 0) is 66.8 Å². The topological polar surface area (TPSA) is 257 Å². The largest absolute Gasteiger partial charge is 0.484 e. The Morgan fingerprint density at radius 3 is 1.97 bits per heavy atom. The number of nitrogens with zero attached hydrogens (tertiary/aromatic N) is 4. The summed E-state index contributed by atoms with van der Waals surface area (Å²) in [6, 6.07) is 12.1. The number of unbranched alkanes of at least 4 members (excludes halogenated alkanes) is 5. The van der Waals surface area contributed by atoms with Crippen molar-refractivity contribution in [1.82, 2.24) is 9.55 Å². The highest BCUT2D eigenvalue weighted by Crippen LogP contribution is 2.64. The molecule has 2 heterocycles. The molecule has 0 bridgehead atoms. The van der Waals surface area contributed by atoms with E-state index in [0.717, 1.165) is 36.7 Å². The summed E-state index contributed by atoms with van der Waals surface area (Å²) < 4.78 is 65.7. The summed E-state index contributed by atoms with van der Waals surface area (Å²) >= 11 is 0. The van der Waals surface area contributed by atoms with E-state index in [2.05, 4.69) is 21.9 Å². The molecule has 58 heavy (non-hydrogen) atoms. The van der Waals surface area contributed by atoms with Gasteiger partial charge in [-0.3, -0.25) is 37.5 Å². The van der Waals surface area contributed by atoms with E-state index in [1.54, 1.807) is 0 Å². The zero-order valence-corrected chi connectivity index (χ0v) is 34.1. The minimum atomic E-state index is -5.33. The van der Waals surface area contributed by atoms with Gasteiger partial charge < -0.3 is 19.1 Å². The highest BCUT2D eigenvalue weighted by molar-refractivity contribution is 7.61. The van der Waals surface area contributed by atoms with Crippen LogP contribution in [0.25, 0.3) is 10.4 Å². The van der Waals surface area contributed by atoms with E-state index in [-0.39, 0.29) is 41.6 Å². The monoisotopic (exact) mass is 847 g/mol. The smallest absolute Gasteiger partial charge is 0.427 e. The molecule has 314 valence electrons. The van der Waals surface area contributed by atoms with Crippen molar-refractivity contribution < 1.29 is 55.7 Å². The van der Waals surface area contributed by atoms with Crippen LogP contribution >= 0.6 is 15.6 Å². The second-order valence-electron chi connectivity index (χ2n) is 13.1. The van der Waals surface area contributed by atoms with Crippen LogP contribution in [0.2, 0.25) is 0 Å². The van der Waals surface area contributed by atoms with Crippen molar-refractivity contribution in [2.75, 3.05) is 6.61 Å². The lowest BCUT2D eigenvalue weighted by Crippen LogP contribution is -2.33. The number of ether oxygens (including phenoxy) is 3. The van der Waals surface area contributed by atoms with Crippen molar-refractivity contribution in [1.29, 1.82) is 0 Å². The van der Waals surface area contributed by atoms with Crippen LogP contribution in [0.4, 0.5) is 0 Å². The van der Waals surface area contributed by atoms with Gasteiger partial charge in [0.1, 0.15) is 17.6 Å². The van der Waals surface area contributed by atoms with Gasteiger partial charge >= 0.3 is 33.3 Å². The predicted octanol–water partition coefficient (Wildman–Crippen LogP) is 7.97. The van der Waals surface area contributed by atoms with E-state index in [0.29, 0.717) is 24.0 Å². The number of carbonyl (C=O) groups excluding carboxylic acids is 2. The van der Waals surface area contributed by atoms with Crippen molar-refractivity contribution in [3.63, 3.8) is 0 Å². The number of aryl methyl sites for hydroxylation is 1. The second kappa shape index (κ2) is 22.5. The van der Waals surface area contributed by atoms with Crippen molar-refractivity contribution >= 4 is 27.6 Å². The van der Waals surface area contributed by atoms with E-state index in [9.17, 15) is 33.2 Å². The molecular formula is C37H47N5O14P2. The van der Waals surface area contributed by atoms with Gasteiger partial charge in [0, 0.05) is 35.2 Å². The maximum absolute atomic E-state index is 14.0. The molecule has 4 atom stereocenters. The maximum atomic E-state index is 14.0. The Bertz CT molecular complexity index is 2150. The molecule has 1 aliphatic heterocycles. The van der Waals surface area contributed by atoms with Crippen molar-refractivity contribution in [2.45, 2.75) is 104 Å². The minimum Gasteiger partial charge on any atom is -0.427 e. The Balaban J connectivity index is 1.44. The molecule has 0 aliphatic carbocycles. The van der Waals surface area contributed by atoms with Gasteiger partial charge in [-0.2, -0.15) is 4.31 Å². The average Bonchev–Trinajstić information content (AvgIpc) is 3.59. The summed E-state index contributed by atoms with van der Waals surface area (Å²) in [7, 11) is -10.3. The molecule has 2 aromatic carbocycles. The number of nitrogens with one attached hydrogen (secondary N) is 1. The fourth-order valence-electron chi connectivity index (χ4n) is 5.30. The number of phosphoric ester groups is 2. The lowest BCUT2D eigenvalue weighted by molar-refractivity contribution is -0.135. The molecule has 0 amide bonds. The van der Waals surface area contributed by atoms with Gasteiger partial charge in [-0.1, -0.05) is 75.3 Å². The molecule has 3 aromatic rings. The first kappa shape index (κ1) is 46.0. The fraction of sp³-hybridized carbons (Fsp3) is 0.459. The molecule has 1 aliphatic rings. The Labute approximate surface area is 334 Å². The average molecular weight is 848 g/mol. The number of aromatic amines is 1. The summed E-state index contributed by atoms with van der Waals surface area (Å²) in [6.07, 6.45) is 6.84. The first-order chi connectivity index (χ1) is 27.7. The number of benzene rings is 2. The third-order valence-electron chi connectivity index (χ3n) is 8.43. The van der Waals surface area contributed by atoms with Crippen LogP contribution in [-0.2, 0) is 54.6 Å². The summed E-state index contributed by atoms with van der Waals surface area (Å²) in [4.78, 5) is 64.1. The Kier molecular flexibility index (Phi) is 17.8. The molecule has 0 fully saturated rings. The Morgan fingerprint density at radius 1 is 0.862 bits per heavy atom. The van der Waals surface area contributed by atoms with Crippen LogP contribution in [-0.4, -0.2) is 39.1 Å². The maximum Gasteiger partial charge on any atom is 0.484 e. The lowest BCUT2D eigenvalue weighted by atomic mass is 10.1. The van der Waals surface area contributed by atoms with Gasteiger partial charge in [0.25, 0.3) is 5.56 Å². The van der Waals surface area contributed by atoms with E-state index < -0.39 is 65.0 Å². The van der Waals surface area contributed by atoms with Gasteiger partial charge in [-0.15, -0.1) is 0 Å². The van der Waals surface area contributed by atoms with Crippen LogP contribution < -0.4 is 20.7 Å². The molecule has 21 heteroatoms. The van der Waals surface area contributed by atoms with Gasteiger partial charge in [-0.25, -0.2) is 13.9 Å². The van der Waals surface area contributed by atoms with E-state index >= 15 is 0 Å². The number of hydrogen-bond donors (Lipinski definition) is 2. The number of phosphoric acid groups is 2. The number of H-pyrrole nitrogens is 1. The molecular weight excluding hydrogens is 800 g/mol. The highest BCUT2D eigenvalue weighted by Gasteiger charge is 2.40. The molecule has 0 spiro atoms. The first-order valence-corrected chi connectivity index (χ1v) is 21.6. The zero-order valence-electron chi connectivity index (χ0n) is 32.4. The molecule has 0 saturated carbocycles. The first-order valence-electron chi connectivity index (χ1n) is 18.6. The Morgan fingerprint density at radius 2 is 1.41 bits per heavy atom. The summed E-state index contributed by atoms with van der Waals surface area (Å²) in [5.74, 6) is -0.243. The van der Waals surface area contributed by atoms with E-state index in [4.69, 9.17) is 37.6 Å². The van der Waals surface area contributed by atoms with Gasteiger partial charge in [0.15, 0.2) is 6.23 Å². The number of aromatic nitrogens is 2. The number of azide groups is 1.